The Balaban J connectivity index is 2.42. The molecule has 0 saturated carbocycles. The second kappa shape index (κ2) is 6.45. The number of aryl methyl sites for hydroxylation is 1. The van der Waals surface area contributed by atoms with Gasteiger partial charge in [-0.2, -0.15) is 11.8 Å². The number of aromatic nitrogens is 3. The van der Waals surface area contributed by atoms with Gasteiger partial charge in [-0.1, -0.05) is 35.0 Å². The molecule has 0 amide bonds. The van der Waals surface area contributed by atoms with E-state index in [1.165, 1.54) is 0 Å². The van der Waals surface area contributed by atoms with Gasteiger partial charge in [-0.25, -0.2) is 0 Å². The van der Waals surface area contributed by atoms with Crippen LogP contribution >= 0.6 is 27.7 Å². The Labute approximate surface area is 97.8 Å². The molecule has 0 fully saturated rings. The van der Waals surface area contributed by atoms with Gasteiger partial charge in [0.15, 0.2) is 0 Å². The van der Waals surface area contributed by atoms with Crippen molar-refractivity contribution in [1.29, 1.82) is 0 Å². The van der Waals surface area contributed by atoms with Crippen LogP contribution in [-0.2, 0) is 6.54 Å². The van der Waals surface area contributed by atoms with E-state index in [4.69, 9.17) is 0 Å². The van der Waals surface area contributed by atoms with Crippen LogP contribution in [0.5, 0.6) is 0 Å². The minimum absolute atomic E-state index is 0.343. The van der Waals surface area contributed by atoms with Crippen molar-refractivity contribution in [3.05, 3.63) is 11.9 Å². The van der Waals surface area contributed by atoms with Gasteiger partial charge in [0.1, 0.15) is 0 Å². The summed E-state index contributed by atoms with van der Waals surface area (Å²) in [6.45, 7) is 5.25. The van der Waals surface area contributed by atoms with E-state index in [1.807, 2.05) is 22.6 Å². The minimum Gasteiger partial charge on any atom is -0.251 e. The fraction of sp³-hybridized carbons (Fsp3) is 0.778. The van der Waals surface area contributed by atoms with Crippen LogP contribution in [0.15, 0.2) is 6.20 Å². The molecule has 1 heterocycles. The fourth-order valence-electron chi connectivity index (χ4n) is 1.08. The van der Waals surface area contributed by atoms with Gasteiger partial charge in [0.05, 0.1) is 17.1 Å². The lowest BCUT2D eigenvalue weighted by molar-refractivity contribution is 0.632. The van der Waals surface area contributed by atoms with E-state index in [0.29, 0.717) is 4.83 Å². The van der Waals surface area contributed by atoms with E-state index in [2.05, 4.69) is 40.1 Å². The Hall–Kier alpha value is -0.0300. The van der Waals surface area contributed by atoms with Crippen LogP contribution < -0.4 is 0 Å². The highest BCUT2D eigenvalue weighted by atomic mass is 79.9. The number of thioether (sulfide) groups is 1. The predicted octanol–water partition coefficient (Wildman–Crippen LogP) is 2.88. The summed E-state index contributed by atoms with van der Waals surface area (Å²) in [5.41, 5.74) is 1.04. The van der Waals surface area contributed by atoms with Crippen molar-refractivity contribution in [3.63, 3.8) is 0 Å². The van der Waals surface area contributed by atoms with Crippen LogP contribution in [-0.4, -0.2) is 26.5 Å². The molecule has 1 aromatic rings. The quantitative estimate of drug-likeness (QED) is 0.592. The maximum absolute atomic E-state index is 4.12. The lowest BCUT2D eigenvalue weighted by Gasteiger charge is -2.00. The Morgan fingerprint density at radius 1 is 1.57 bits per heavy atom. The molecule has 0 aromatic carbocycles. The van der Waals surface area contributed by atoms with Crippen molar-refractivity contribution in [2.45, 2.75) is 31.6 Å². The SMILES string of the molecule is CCSCCn1cc(C(Br)CC)nn1. The number of nitrogens with zero attached hydrogens (tertiary/aromatic N) is 3. The smallest absolute Gasteiger partial charge is 0.0963 e. The molecule has 14 heavy (non-hydrogen) atoms. The number of alkyl halides is 1. The first-order valence-electron chi connectivity index (χ1n) is 4.89. The molecule has 0 aliphatic carbocycles. The summed E-state index contributed by atoms with van der Waals surface area (Å²) in [6, 6.07) is 0. The van der Waals surface area contributed by atoms with Crippen molar-refractivity contribution in [2.75, 3.05) is 11.5 Å². The Morgan fingerprint density at radius 3 is 3.00 bits per heavy atom. The highest BCUT2D eigenvalue weighted by Crippen LogP contribution is 2.23. The highest BCUT2D eigenvalue weighted by molar-refractivity contribution is 9.09. The van der Waals surface area contributed by atoms with Gasteiger partial charge in [0, 0.05) is 11.9 Å². The largest absolute Gasteiger partial charge is 0.251 e. The first-order valence-corrected chi connectivity index (χ1v) is 6.96. The summed E-state index contributed by atoms with van der Waals surface area (Å²) in [4.78, 5) is 0.343. The van der Waals surface area contributed by atoms with Crippen LogP contribution in [0.1, 0.15) is 30.8 Å². The van der Waals surface area contributed by atoms with Crippen molar-refractivity contribution in [1.82, 2.24) is 15.0 Å². The second-order valence-electron chi connectivity index (χ2n) is 2.98. The molecule has 1 rings (SSSR count). The van der Waals surface area contributed by atoms with E-state index >= 15 is 0 Å². The average molecular weight is 278 g/mol. The summed E-state index contributed by atoms with van der Waals surface area (Å²) in [6.07, 6.45) is 3.07. The summed E-state index contributed by atoms with van der Waals surface area (Å²) >= 11 is 5.49. The van der Waals surface area contributed by atoms with E-state index in [1.54, 1.807) is 0 Å². The summed E-state index contributed by atoms with van der Waals surface area (Å²) in [5.74, 6) is 2.27. The number of halogens is 1. The van der Waals surface area contributed by atoms with Crippen LogP contribution in [0.2, 0.25) is 0 Å². The van der Waals surface area contributed by atoms with E-state index in [0.717, 1.165) is 30.2 Å². The van der Waals surface area contributed by atoms with Gasteiger partial charge in [-0.3, -0.25) is 4.68 Å². The molecule has 0 bridgehead atoms. The first kappa shape index (κ1) is 12.0. The molecule has 1 atom stereocenters. The Bertz CT molecular complexity index is 264. The number of hydrogen-bond acceptors (Lipinski definition) is 3. The third-order valence-corrected chi connectivity index (χ3v) is 3.90. The van der Waals surface area contributed by atoms with E-state index < -0.39 is 0 Å². The molecule has 1 aromatic heterocycles. The Kier molecular flexibility index (Phi) is 5.55. The summed E-state index contributed by atoms with van der Waals surface area (Å²) in [7, 11) is 0. The van der Waals surface area contributed by atoms with E-state index in [-0.39, 0.29) is 0 Å². The first-order chi connectivity index (χ1) is 6.77. The average Bonchev–Trinajstić information content (AvgIpc) is 2.66. The van der Waals surface area contributed by atoms with Crippen LogP contribution in [0, 0.1) is 0 Å². The van der Waals surface area contributed by atoms with E-state index in [9.17, 15) is 0 Å². The van der Waals surface area contributed by atoms with Crippen molar-refractivity contribution >= 4 is 27.7 Å². The van der Waals surface area contributed by atoms with Crippen molar-refractivity contribution in [3.8, 4) is 0 Å². The zero-order chi connectivity index (χ0) is 10.4. The van der Waals surface area contributed by atoms with Crippen molar-refractivity contribution < 1.29 is 0 Å². The van der Waals surface area contributed by atoms with Crippen LogP contribution in [0.3, 0.4) is 0 Å². The van der Waals surface area contributed by atoms with Gasteiger partial charge in [-0.15, -0.1) is 5.10 Å². The molecule has 1 unspecified atom stereocenters. The molecule has 0 radical (unpaired) electrons. The lowest BCUT2D eigenvalue weighted by atomic mass is 10.3. The van der Waals surface area contributed by atoms with Crippen LogP contribution in [0.25, 0.3) is 0 Å². The minimum atomic E-state index is 0.343. The Morgan fingerprint density at radius 2 is 2.36 bits per heavy atom. The van der Waals surface area contributed by atoms with Gasteiger partial charge < -0.3 is 0 Å². The van der Waals surface area contributed by atoms with Crippen LogP contribution in [0.4, 0.5) is 0 Å². The maximum Gasteiger partial charge on any atom is 0.0963 e. The zero-order valence-electron chi connectivity index (χ0n) is 8.61. The number of rotatable bonds is 6. The third-order valence-electron chi connectivity index (χ3n) is 1.90. The van der Waals surface area contributed by atoms with Gasteiger partial charge in [0.2, 0.25) is 0 Å². The maximum atomic E-state index is 4.12. The molecular formula is C9H16BrN3S. The molecule has 0 aliphatic heterocycles. The zero-order valence-corrected chi connectivity index (χ0v) is 11.0. The topological polar surface area (TPSA) is 30.7 Å². The molecule has 5 heteroatoms. The third kappa shape index (κ3) is 3.61. The molecule has 3 nitrogen and oxygen atoms in total. The normalized spacial score (nSPS) is 13.1. The van der Waals surface area contributed by atoms with Gasteiger partial charge in [-0.05, 0) is 12.2 Å². The molecule has 0 aliphatic rings. The monoisotopic (exact) mass is 277 g/mol. The molecule has 0 spiro atoms. The summed E-state index contributed by atoms with van der Waals surface area (Å²) < 4.78 is 1.92. The molecular weight excluding hydrogens is 262 g/mol. The lowest BCUT2D eigenvalue weighted by Crippen LogP contribution is -2.01. The second-order valence-corrected chi connectivity index (χ2v) is 5.48. The predicted molar refractivity (Wildman–Crippen MR) is 65.0 cm³/mol. The molecule has 0 N–H and O–H groups in total. The molecule has 80 valence electrons. The van der Waals surface area contributed by atoms with Crippen molar-refractivity contribution in [2.24, 2.45) is 0 Å². The standard InChI is InChI=1S/C9H16BrN3S/c1-3-8(10)9-7-13(12-11-9)5-6-14-4-2/h7-8H,3-6H2,1-2H3. The highest BCUT2D eigenvalue weighted by Gasteiger charge is 2.08. The molecule has 0 saturated heterocycles. The summed E-state index contributed by atoms with van der Waals surface area (Å²) in [5, 5.41) is 8.20. The van der Waals surface area contributed by atoms with Gasteiger partial charge in [0.25, 0.3) is 0 Å². The fourth-order valence-corrected chi connectivity index (χ4v) is 1.89. The van der Waals surface area contributed by atoms with Gasteiger partial charge >= 0.3 is 0 Å². The number of hydrogen-bond donors (Lipinski definition) is 0.